The van der Waals surface area contributed by atoms with Crippen molar-refractivity contribution in [1.29, 1.82) is 0 Å². The Hall–Kier alpha value is -2.66. The van der Waals surface area contributed by atoms with Crippen molar-refractivity contribution in [2.45, 2.75) is 50.9 Å². The Kier molecular flexibility index (Phi) is 6.38. The van der Waals surface area contributed by atoms with Crippen LogP contribution < -0.4 is 11.1 Å². The molecule has 0 amide bonds. The minimum atomic E-state index is -3.13. The molecule has 172 valence electrons. The van der Waals surface area contributed by atoms with Gasteiger partial charge in [-0.25, -0.2) is 14.6 Å². The number of amidine groups is 1. The average Bonchev–Trinajstić information content (AvgIpc) is 2.97. The number of carbonyl (C=O) groups excluding carboxylic acids is 2. The van der Waals surface area contributed by atoms with Crippen molar-refractivity contribution in [3.05, 3.63) is 52.6 Å². The number of carbonyl (C=O) groups is 2. The number of aliphatic hydroxyl groups is 2. The summed E-state index contributed by atoms with van der Waals surface area (Å²) in [5.74, 6) is -2.31. The number of nitrogens with two attached hydrogens (primary N) is 1. The molecule has 0 bridgehead atoms. The highest BCUT2D eigenvalue weighted by atomic mass is 32.3. The van der Waals surface area contributed by atoms with E-state index in [9.17, 15) is 19.8 Å². The fourth-order valence-electron chi connectivity index (χ4n) is 4.09. The molecule has 1 saturated heterocycles. The van der Waals surface area contributed by atoms with E-state index in [4.69, 9.17) is 14.1 Å². The smallest absolute Gasteiger partial charge is 0.361 e. The lowest BCUT2D eigenvalue weighted by atomic mass is 9.93. The van der Waals surface area contributed by atoms with E-state index >= 15 is 0 Å². The highest BCUT2D eigenvalue weighted by Gasteiger charge is 2.50. The predicted octanol–water partition coefficient (Wildman–Crippen LogP) is 1.62. The first-order valence-electron chi connectivity index (χ1n) is 10.5. The van der Waals surface area contributed by atoms with Crippen molar-refractivity contribution < 1.29 is 28.2 Å². The van der Waals surface area contributed by atoms with E-state index in [0.717, 1.165) is 19.4 Å². The summed E-state index contributed by atoms with van der Waals surface area (Å²) in [7, 11) is -3.13. The predicted molar refractivity (Wildman–Crippen MR) is 121 cm³/mol. The first-order valence-corrected chi connectivity index (χ1v) is 12.0. The van der Waals surface area contributed by atoms with E-state index in [1.165, 1.54) is 11.1 Å². The van der Waals surface area contributed by atoms with Crippen molar-refractivity contribution in [2.75, 3.05) is 6.54 Å². The SMILES string of the molecule is CC1=C(CCCC2CC(c3ccccc3)=CCN2)S2(OC(=O)C(O)C(O)C(=O)O2)C(N)=N1. The lowest BCUT2D eigenvalue weighted by Crippen LogP contribution is -2.38. The Balaban J connectivity index is 1.44. The van der Waals surface area contributed by atoms with Gasteiger partial charge in [0.25, 0.3) is 0 Å². The van der Waals surface area contributed by atoms with Crippen LogP contribution in [0.1, 0.15) is 38.2 Å². The Morgan fingerprint density at radius 3 is 2.47 bits per heavy atom. The quantitative estimate of drug-likeness (QED) is 0.518. The molecule has 1 spiro atoms. The minimum Gasteiger partial charge on any atom is -0.379 e. The molecular weight excluding hydrogens is 434 g/mol. The number of nitrogens with one attached hydrogen (secondary N) is 1. The number of rotatable bonds is 5. The number of aliphatic hydroxyl groups excluding tert-OH is 2. The Morgan fingerprint density at radius 1 is 1.16 bits per heavy atom. The van der Waals surface area contributed by atoms with Gasteiger partial charge in [0.05, 0.1) is 10.6 Å². The fraction of sp³-hybridized carbons (Fsp3) is 0.409. The molecule has 1 fully saturated rings. The van der Waals surface area contributed by atoms with Gasteiger partial charge < -0.3 is 29.6 Å². The molecule has 0 aliphatic carbocycles. The van der Waals surface area contributed by atoms with Crippen LogP contribution in [0.3, 0.4) is 0 Å². The van der Waals surface area contributed by atoms with Gasteiger partial charge in [-0.3, -0.25) is 0 Å². The van der Waals surface area contributed by atoms with Gasteiger partial charge in [-0.2, -0.15) is 0 Å². The van der Waals surface area contributed by atoms with Crippen LogP contribution >= 0.6 is 10.6 Å². The average molecular weight is 462 g/mol. The maximum atomic E-state index is 12.2. The Morgan fingerprint density at radius 2 is 1.81 bits per heavy atom. The second-order valence-corrected chi connectivity index (χ2v) is 10.2. The first kappa shape index (κ1) is 22.5. The summed E-state index contributed by atoms with van der Waals surface area (Å²) in [6, 6.07) is 10.5. The van der Waals surface area contributed by atoms with Gasteiger partial charge in [-0.15, -0.1) is 0 Å². The zero-order valence-corrected chi connectivity index (χ0v) is 18.5. The van der Waals surface area contributed by atoms with Crippen molar-refractivity contribution in [3.63, 3.8) is 0 Å². The maximum absolute atomic E-state index is 12.2. The number of benzene rings is 1. The van der Waals surface area contributed by atoms with Crippen LogP contribution in [0.2, 0.25) is 0 Å². The summed E-state index contributed by atoms with van der Waals surface area (Å²) in [6.07, 6.45) is 1.03. The minimum absolute atomic E-state index is 0.127. The molecule has 1 aromatic rings. The molecule has 3 atom stereocenters. The van der Waals surface area contributed by atoms with E-state index in [1.807, 2.05) is 18.2 Å². The van der Waals surface area contributed by atoms with E-state index in [1.54, 1.807) is 6.92 Å². The summed E-state index contributed by atoms with van der Waals surface area (Å²) < 4.78 is 10.8. The molecule has 3 heterocycles. The van der Waals surface area contributed by atoms with E-state index in [-0.39, 0.29) is 11.2 Å². The van der Waals surface area contributed by atoms with Crippen LogP contribution in [0.5, 0.6) is 0 Å². The lowest BCUT2D eigenvalue weighted by molar-refractivity contribution is -0.156. The highest BCUT2D eigenvalue weighted by Crippen LogP contribution is 2.64. The van der Waals surface area contributed by atoms with Gasteiger partial charge in [-0.1, -0.05) is 36.4 Å². The molecule has 3 aliphatic heterocycles. The maximum Gasteiger partial charge on any atom is 0.361 e. The zero-order valence-electron chi connectivity index (χ0n) is 17.7. The molecule has 32 heavy (non-hydrogen) atoms. The van der Waals surface area contributed by atoms with Crippen molar-refractivity contribution in [3.8, 4) is 0 Å². The normalized spacial score (nSPS) is 32.5. The number of nitrogens with zero attached hydrogens (tertiary/aromatic N) is 1. The number of hydrogen-bond donors (Lipinski definition) is 4. The van der Waals surface area contributed by atoms with Gasteiger partial charge in [0.2, 0.25) is 5.17 Å². The summed E-state index contributed by atoms with van der Waals surface area (Å²) in [5, 5.41) is 23.0. The molecule has 3 aliphatic rings. The monoisotopic (exact) mass is 461 g/mol. The summed E-state index contributed by atoms with van der Waals surface area (Å²) >= 11 is 0. The molecule has 0 radical (unpaired) electrons. The van der Waals surface area contributed by atoms with Crippen LogP contribution in [-0.2, 0) is 18.0 Å². The van der Waals surface area contributed by atoms with Crippen LogP contribution in [-0.4, -0.2) is 52.1 Å². The summed E-state index contributed by atoms with van der Waals surface area (Å²) in [5.41, 5.74) is 9.05. The van der Waals surface area contributed by atoms with Crippen molar-refractivity contribution in [2.24, 2.45) is 10.7 Å². The van der Waals surface area contributed by atoms with Gasteiger partial charge >= 0.3 is 11.9 Å². The van der Waals surface area contributed by atoms with Crippen LogP contribution in [0, 0.1) is 0 Å². The van der Waals surface area contributed by atoms with Crippen LogP contribution in [0.4, 0.5) is 0 Å². The molecule has 9 nitrogen and oxygen atoms in total. The van der Waals surface area contributed by atoms with Gasteiger partial charge in [0.15, 0.2) is 12.2 Å². The molecule has 3 unspecified atom stereocenters. The van der Waals surface area contributed by atoms with E-state index < -0.39 is 34.7 Å². The number of hydrogen-bond acceptors (Lipinski definition) is 9. The third-order valence-corrected chi connectivity index (χ3v) is 8.37. The first-order chi connectivity index (χ1) is 15.3. The van der Waals surface area contributed by atoms with Crippen molar-refractivity contribution >= 4 is 33.3 Å². The lowest BCUT2D eigenvalue weighted by Gasteiger charge is -2.37. The molecule has 10 heteroatoms. The second kappa shape index (κ2) is 9.07. The van der Waals surface area contributed by atoms with E-state index in [2.05, 4.69) is 28.5 Å². The Bertz CT molecular complexity index is 984. The number of aliphatic imine (C=N–C) groups is 1. The van der Waals surface area contributed by atoms with Crippen molar-refractivity contribution in [1.82, 2.24) is 5.32 Å². The molecule has 0 saturated carbocycles. The fourth-order valence-corrected chi connectivity index (χ4v) is 6.51. The zero-order chi connectivity index (χ0) is 22.9. The van der Waals surface area contributed by atoms with Crippen LogP contribution in [0.25, 0.3) is 5.57 Å². The highest BCUT2D eigenvalue weighted by molar-refractivity contribution is 8.41. The molecule has 5 N–H and O–H groups in total. The topological polar surface area (TPSA) is 143 Å². The largest absolute Gasteiger partial charge is 0.379 e. The molecular formula is C22H27N3O6S. The molecule has 4 rings (SSSR count). The summed E-state index contributed by atoms with van der Waals surface area (Å²) in [6.45, 7) is 2.49. The summed E-state index contributed by atoms with van der Waals surface area (Å²) in [4.78, 5) is 29.2. The number of allylic oxidation sites excluding steroid dienone is 2. The van der Waals surface area contributed by atoms with Gasteiger partial charge in [0, 0.05) is 12.6 Å². The van der Waals surface area contributed by atoms with E-state index in [0.29, 0.717) is 23.4 Å². The molecule has 0 aromatic heterocycles. The van der Waals surface area contributed by atoms with Gasteiger partial charge in [-0.05, 0) is 54.3 Å². The Labute approximate surface area is 187 Å². The molecule has 1 aromatic carbocycles. The van der Waals surface area contributed by atoms with Crippen LogP contribution in [0.15, 0.2) is 52.0 Å². The second-order valence-electron chi connectivity index (χ2n) is 7.95. The van der Waals surface area contributed by atoms with Gasteiger partial charge in [0.1, 0.15) is 0 Å². The third-order valence-electron chi connectivity index (χ3n) is 5.78. The third kappa shape index (κ3) is 4.18. The standard InChI is InChI=1S/C22H27N3O6S/c1-13-17(32(22(23)25-13)30-20(28)18(26)19(27)21(29)31-32)9-5-8-16-12-15(10-11-24-16)14-6-3-2-4-7-14/h2-4,6-7,10,16,18-19,24,26-27H,5,8-9,11-12H2,1H3,(H2,23,25).